The van der Waals surface area contributed by atoms with Crippen molar-refractivity contribution in [2.75, 3.05) is 18.0 Å². The number of rotatable bonds is 4. The molecule has 3 unspecified atom stereocenters. The zero-order chi connectivity index (χ0) is 14.7. The van der Waals surface area contributed by atoms with Crippen LogP contribution in [-0.2, 0) is 0 Å². The SMILES string of the molecule is CCC(C)C1CN(c2cc(F)ccc2F)C(CC)CN1. The fourth-order valence-electron chi connectivity index (χ4n) is 2.85. The lowest BCUT2D eigenvalue weighted by Crippen LogP contribution is -2.58. The second kappa shape index (κ2) is 6.53. The molecule has 3 atom stereocenters. The number of benzene rings is 1. The molecule has 1 saturated heterocycles. The Kier molecular flexibility index (Phi) is 4.97. The largest absolute Gasteiger partial charge is 0.363 e. The molecule has 1 N–H and O–H groups in total. The van der Waals surface area contributed by atoms with Crippen LogP contribution in [-0.4, -0.2) is 25.2 Å². The summed E-state index contributed by atoms with van der Waals surface area (Å²) >= 11 is 0. The van der Waals surface area contributed by atoms with E-state index in [0.717, 1.165) is 25.9 Å². The van der Waals surface area contributed by atoms with Crippen LogP contribution in [0.5, 0.6) is 0 Å². The predicted molar refractivity (Wildman–Crippen MR) is 79.0 cm³/mol. The first-order valence-electron chi connectivity index (χ1n) is 7.51. The first kappa shape index (κ1) is 15.2. The molecule has 1 aliphatic rings. The van der Waals surface area contributed by atoms with Gasteiger partial charge in [0, 0.05) is 31.2 Å². The zero-order valence-corrected chi connectivity index (χ0v) is 12.5. The molecule has 1 aliphatic heterocycles. The number of nitrogens with zero attached hydrogens (tertiary/aromatic N) is 1. The van der Waals surface area contributed by atoms with E-state index in [-0.39, 0.29) is 17.7 Å². The molecule has 1 aromatic rings. The summed E-state index contributed by atoms with van der Waals surface area (Å²) < 4.78 is 27.5. The Balaban J connectivity index is 2.26. The Bertz CT molecular complexity index is 450. The maximum absolute atomic E-state index is 14.0. The van der Waals surface area contributed by atoms with E-state index >= 15 is 0 Å². The van der Waals surface area contributed by atoms with Crippen LogP contribution >= 0.6 is 0 Å². The normalized spacial score (nSPS) is 24.8. The van der Waals surface area contributed by atoms with E-state index in [1.807, 2.05) is 4.90 Å². The van der Waals surface area contributed by atoms with Gasteiger partial charge in [0.15, 0.2) is 0 Å². The van der Waals surface area contributed by atoms with Crippen LogP contribution in [0.1, 0.15) is 33.6 Å². The van der Waals surface area contributed by atoms with Crippen LogP contribution < -0.4 is 10.2 Å². The van der Waals surface area contributed by atoms with Crippen molar-refractivity contribution in [1.82, 2.24) is 5.32 Å². The van der Waals surface area contributed by atoms with Crippen LogP contribution in [0, 0.1) is 17.6 Å². The Labute approximate surface area is 120 Å². The van der Waals surface area contributed by atoms with Gasteiger partial charge in [-0.25, -0.2) is 8.78 Å². The molecular weight excluding hydrogens is 258 g/mol. The van der Waals surface area contributed by atoms with Gasteiger partial charge < -0.3 is 10.2 Å². The van der Waals surface area contributed by atoms with Crippen molar-refractivity contribution in [3.63, 3.8) is 0 Å². The Morgan fingerprint density at radius 3 is 2.75 bits per heavy atom. The molecule has 0 bridgehead atoms. The molecule has 1 heterocycles. The van der Waals surface area contributed by atoms with E-state index in [1.54, 1.807) is 0 Å². The second-order valence-electron chi connectivity index (χ2n) is 5.71. The van der Waals surface area contributed by atoms with Crippen molar-refractivity contribution >= 4 is 5.69 Å². The molecule has 0 aromatic heterocycles. The fourth-order valence-corrected chi connectivity index (χ4v) is 2.85. The van der Waals surface area contributed by atoms with Crippen LogP contribution in [0.25, 0.3) is 0 Å². The minimum absolute atomic E-state index is 0.214. The molecule has 112 valence electrons. The highest BCUT2D eigenvalue weighted by molar-refractivity contribution is 5.50. The molecule has 0 spiro atoms. The molecule has 1 fully saturated rings. The number of piperazine rings is 1. The molecule has 20 heavy (non-hydrogen) atoms. The summed E-state index contributed by atoms with van der Waals surface area (Å²) in [6.45, 7) is 7.99. The standard InChI is InChI=1S/C16H24F2N2/c1-4-11(3)15-10-20(13(5-2)9-19-15)16-8-12(17)6-7-14(16)18/h6-8,11,13,15,19H,4-5,9-10H2,1-3H3. The van der Waals surface area contributed by atoms with Gasteiger partial charge in [0.25, 0.3) is 0 Å². The van der Waals surface area contributed by atoms with Gasteiger partial charge in [0.05, 0.1) is 5.69 Å². The van der Waals surface area contributed by atoms with Gasteiger partial charge in [-0.2, -0.15) is 0 Å². The number of hydrogen-bond acceptors (Lipinski definition) is 2. The molecule has 4 heteroatoms. The number of nitrogens with one attached hydrogen (secondary N) is 1. The van der Waals surface area contributed by atoms with E-state index in [1.165, 1.54) is 18.2 Å². The lowest BCUT2D eigenvalue weighted by Gasteiger charge is -2.43. The smallest absolute Gasteiger partial charge is 0.146 e. The van der Waals surface area contributed by atoms with E-state index in [0.29, 0.717) is 17.6 Å². The van der Waals surface area contributed by atoms with Gasteiger partial charge in [-0.15, -0.1) is 0 Å². The Morgan fingerprint density at radius 1 is 1.35 bits per heavy atom. The summed E-state index contributed by atoms with van der Waals surface area (Å²) in [4.78, 5) is 2.03. The van der Waals surface area contributed by atoms with Crippen LogP contribution in [0.15, 0.2) is 18.2 Å². The highest BCUT2D eigenvalue weighted by atomic mass is 19.1. The third-order valence-electron chi connectivity index (χ3n) is 4.47. The van der Waals surface area contributed by atoms with Gasteiger partial charge in [0.2, 0.25) is 0 Å². The first-order chi connectivity index (χ1) is 9.56. The van der Waals surface area contributed by atoms with E-state index in [2.05, 4.69) is 26.1 Å². The predicted octanol–water partition coefficient (Wildman–Crippen LogP) is 3.57. The van der Waals surface area contributed by atoms with E-state index in [9.17, 15) is 8.78 Å². The average Bonchev–Trinajstić information content (AvgIpc) is 2.48. The van der Waals surface area contributed by atoms with E-state index < -0.39 is 0 Å². The topological polar surface area (TPSA) is 15.3 Å². The number of halogens is 2. The fraction of sp³-hybridized carbons (Fsp3) is 0.625. The molecular formula is C16H24F2N2. The van der Waals surface area contributed by atoms with Gasteiger partial charge in [0.1, 0.15) is 11.6 Å². The van der Waals surface area contributed by atoms with Gasteiger partial charge in [-0.05, 0) is 24.5 Å². The first-order valence-corrected chi connectivity index (χ1v) is 7.51. The molecule has 0 radical (unpaired) electrons. The van der Waals surface area contributed by atoms with Crippen molar-refractivity contribution in [2.45, 2.75) is 45.7 Å². The van der Waals surface area contributed by atoms with Crippen LogP contribution in [0.4, 0.5) is 14.5 Å². The van der Waals surface area contributed by atoms with Crippen LogP contribution in [0.3, 0.4) is 0 Å². The molecule has 1 aromatic carbocycles. The molecule has 0 saturated carbocycles. The van der Waals surface area contributed by atoms with Crippen molar-refractivity contribution in [1.29, 1.82) is 0 Å². The maximum Gasteiger partial charge on any atom is 0.146 e. The number of hydrogen-bond donors (Lipinski definition) is 1. The zero-order valence-electron chi connectivity index (χ0n) is 12.5. The highest BCUT2D eigenvalue weighted by Gasteiger charge is 2.30. The van der Waals surface area contributed by atoms with Gasteiger partial charge in [-0.1, -0.05) is 27.2 Å². The molecule has 0 amide bonds. The summed E-state index contributed by atoms with van der Waals surface area (Å²) in [5.41, 5.74) is 0.395. The molecule has 0 aliphatic carbocycles. The Morgan fingerprint density at radius 2 is 2.10 bits per heavy atom. The minimum Gasteiger partial charge on any atom is -0.363 e. The highest BCUT2D eigenvalue weighted by Crippen LogP contribution is 2.27. The van der Waals surface area contributed by atoms with Gasteiger partial charge in [-0.3, -0.25) is 0 Å². The quantitative estimate of drug-likeness (QED) is 0.908. The summed E-state index contributed by atoms with van der Waals surface area (Å²) in [7, 11) is 0. The lowest BCUT2D eigenvalue weighted by molar-refractivity contribution is 0.304. The summed E-state index contributed by atoms with van der Waals surface area (Å²) in [5, 5.41) is 3.55. The summed E-state index contributed by atoms with van der Waals surface area (Å²) in [6.07, 6.45) is 1.99. The third-order valence-corrected chi connectivity index (χ3v) is 4.47. The van der Waals surface area contributed by atoms with Gasteiger partial charge >= 0.3 is 0 Å². The Hall–Kier alpha value is -1.16. The lowest BCUT2D eigenvalue weighted by atomic mass is 9.94. The van der Waals surface area contributed by atoms with Crippen molar-refractivity contribution in [2.24, 2.45) is 5.92 Å². The maximum atomic E-state index is 14.0. The minimum atomic E-state index is -0.380. The summed E-state index contributed by atoms with van der Waals surface area (Å²) in [6, 6.07) is 4.25. The summed E-state index contributed by atoms with van der Waals surface area (Å²) in [5.74, 6) is -0.198. The van der Waals surface area contributed by atoms with Crippen LogP contribution in [0.2, 0.25) is 0 Å². The average molecular weight is 282 g/mol. The van der Waals surface area contributed by atoms with Crippen molar-refractivity contribution in [3.05, 3.63) is 29.8 Å². The van der Waals surface area contributed by atoms with E-state index in [4.69, 9.17) is 0 Å². The third kappa shape index (κ3) is 3.11. The molecule has 2 nitrogen and oxygen atoms in total. The van der Waals surface area contributed by atoms with Crippen molar-refractivity contribution < 1.29 is 8.78 Å². The monoisotopic (exact) mass is 282 g/mol. The number of anilines is 1. The van der Waals surface area contributed by atoms with Crippen molar-refractivity contribution in [3.8, 4) is 0 Å². The second-order valence-corrected chi connectivity index (χ2v) is 5.71. The molecule has 2 rings (SSSR count).